The van der Waals surface area contributed by atoms with Crippen LogP contribution in [0.3, 0.4) is 0 Å². The lowest BCUT2D eigenvalue weighted by molar-refractivity contribution is -0.0167. The van der Waals surface area contributed by atoms with Gasteiger partial charge in [0.2, 0.25) is 0 Å². The molecule has 0 aromatic carbocycles. The van der Waals surface area contributed by atoms with Crippen molar-refractivity contribution in [3.8, 4) is 0 Å². The molecule has 2 unspecified atom stereocenters. The number of methoxy groups -OCH3 is 1. The molecule has 0 heterocycles. The van der Waals surface area contributed by atoms with Gasteiger partial charge in [-0.05, 0) is 6.42 Å². The van der Waals surface area contributed by atoms with E-state index in [4.69, 9.17) is 19.5 Å². The van der Waals surface area contributed by atoms with Crippen molar-refractivity contribution in [3.05, 3.63) is 0 Å². The zero-order valence-electron chi connectivity index (χ0n) is 19.9. The summed E-state index contributed by atoms with van der Waals surface area (Å²) in [6.07, 6.45) is 20.6. The largest absolute Gasteiger partial charge is 0.472 e. The molecule has 186 valence electrons. The first-order chi connectivity index (χ1) is 14.9. The minimum absolute atomic E-state index is 0.203. The Morgan fingerprint density at radius 3 is 1.58 bits per heavy atom. The molecule has 0 aliphatic carbocycles. The van der Waals surface area contributed by atoms with E-state index in [2.05, 4.69) is 11.4 Å². The molecular weight excluding hydrogens is 419 g/mol. The summed E-state index contributed by atoms with van der Waals surface area (Å²) in [5.74, 6) is 0. The number of carbonyl (C=O) groups is 1. The summed E-state index contributed by atoms with van der Waals surface area (Å²) in [7, 11) is -3.20. The minimum Gasteiger partial charge on any atom is -0.472 e. The summed E-state index contributed by atoms with van der Waals surface area (Å²) in [6.45, 7) is 2.76. The molecule has 0 radical (unpaired) electrons. The molecular formula is C23H47O7P. The molecule has 7 nitrogen and oxygen atoms in total. The SMILES string of the molecule is CCCCCCCCCCCCCCCCCCOCC(COP(=O)(O)C(=O)O)OC. The zero-order valence-corrected chi connectivity index (χ0v) is 20.8. The number of carboxylic acid groups (broad SMARTS) is 1. The van der Waals surface area contributed by atoms with E-state index in [1.165, 1.54) is 97.0 Å². The maximum atomic E-state index is 11.2. The molecule has 2 atom stereocenters. The van der Waals surface area contributed by atoms with E-state index in [1.807, 2.05) is 0 Å². The fraction of sp³-hybridized carbons (Fsp3) is 0.957. The fourth-order valence-corrected chi connectivity index (χ4v) is 3.87. The van der Waals surface area contributed by atoms with Gasteiger partial charge in [0.25, 0.3) is 0 Å². The first kappa shape index (κ1) is 30.5. The molecule has 2 N–H and O–H groups in total. The van der Waals surface area contributed by atoms with E-state index in [0.717, 1.165) is 12.8 Å². The Balaban J connectivity index is 3.35. The van der Waals surface area contributed by atoms with Gasteiger partial charge in [-0.1, -0.05) is 103 Å². The monoisotopic (exact) mass is 466 g/mol. The first-order valence-electron chi connectivity index (χ1n) is 12.3. The van der Waals surface area contributed by atoms with E-state index in [1.54, 1.807) is 0 Å². The fourth-order valence-electron chi connectivity index (χ4n) is 3.39. The number of unbranched alkanes of at least 4 members (excludes halogenated alkanes) is 15. The Bertz CT molecular complexity index is 459. The van der Waals surface area contributed by atoms with Crippen molar-refractivity contribution in [3.63, 3.8) is 0 Å². The third kappa shape index (κ3) is 19.9. The second kappa shape index (κ2) is 21.4. The number of hydrogen-bond donors (Lipinski definition) is 2. The van der Waals surface area contributed by atoms with Crippen LogP contribution in [-0.4, -0.2) is 48.7 Å². The van der Waals surface area contributed by atoms with Gasteiger partial charge in [0.1, 0.15) is 6.10 Å². The van der Waals surface area contributed by atoms with Gasteiger partial charge >= 0.3 is 13.3 Å². The molecule has 0 spiro atoms. The van der Waals surface area contributed by atoms with Gasteiger partial charge in [-0.3, -0.25) is 4.52 Å². The predicted octanol–water partition coefficient (Wildman–Crippen LogP) is 7.16. The van der Waals surface area contributed by atoms with Crippen molar-refractivity contribution >= 4 is 13.3 Å². The topological polar surface area (TPSA) is 102 Å². The van der Waals surface area contributed by atoms with E-state index < -0.39 is 19.4 Å². The Morgan fingerprint density at radius 1 is 0.774 bits per heavy atom. The third-order valence-corrected chi connectivity index (χ3v) is 6.44. The highest BCUT2D eigenvalue weighted by Crippen LogP contribution is 2.42. The van der Waals surface area contributed by atoms with Gasteiger partial charge in [-0.25, -0.2) is 9.36 Å². The summed E-state index contributed by atoms with van der Waals surface area (Å²) in [6, 6.07) is 0. The van der Waals surface area contributed by atoms with Crippen molar-refractivity contribution in [2.45, 2.75) is 116 Å². The molecule has 0 aliphatic heterocycles. The maximum absolute atomic E-state index is 11.2. The lowest BCUT2D eigenvalue weighted by Gasteiger charge is -2.16. The summed E-state index contributed by atoms with van der Waals surface area (Å²) in [4.78, 5) is 19.6. The van der Waals surface area contributed by atoms with Crippen LogP contribution >= 0.6 is 7.60 Å². The molecule has 31 heavy (non-hydrogen) atoms. The van der Waals surface area contributed by atoms with Gasteiger partial charge < -0.3 is 19.5 Å². The summed E-state index contributed by atoms with van der Waals surface area (Å²) in [5.41, 5.74) is -1.86. The summed E-state index contributed by atoms with van der Waals surface area (Å²) in [5, 5.41) is 8.56. The highest BCUT2D eigenvalue weighted by molar-refractivity contribution is 7.70. The van der Waals surface area contributed by atoms with Crippen molar-refractivity contribution in [2.24, 2.45) is 0 Å². The number of hydrogen-bond acceptors (Lipinski definition) is 5. The van der Waals surface area contributed by atoms with Gasteiger partial charge in [-0.15, -0.1) is 0 Å². The van der Waals surface area contributed by atoms with E-state index in [0.29, 0.717) is 6.61 Å². The number of rotatable bonds is 24. The average molecular weight is 467 g/mol. The van der Waals surface area contributed by atoms with Crippen LogP contribution in [0, 0.1) is 0 Å². The van der Waals surface area contributed by atoms with Gasteiger partial charge in [-0.2, -0.15) is 0 Å². The molecule has 0 aromatic heterocycles. The van der Waals surface area contributed by atoms with E-state index >= 15 is 0 Å². The highest BCUT2D eigenvalue weighted by atomic mass is 31.2. The third-order valence-electron chi connectivity index (χ3n) is 5.46. The van der Waals surface area contributed by atoms with Crippen LogP contribution in [0.25, 0.3) is 0 Å². The summed E-state index contributed by atoms with van der Waals surface area (Å²) < 4.78 is 26.3. The quantitative estimate of drug-likeness (QED) is 0.115. The van der Waals surface area contributed by atoms with E-state index in [9.17, 15) is 9.36 Å². The molecule has 0 saturated carbocycles. The lowest BCUT2D eigenvalue weighted by atomic mass is 10.0. The maximum Gasteiger partial charge on any atom is 0.435 e. The molecule has 0 saturated heterocycles. The molecule has 0 amide bonds. The van der Waals surface area contributed by atoms with Crippen molar-refractivity contribution in [1.29, 1.82) is 0 Å². The van der Waals surface area contributed by atoms with Crippen molar-refractivity contribution < 1.29 is 33.4 Å². The van der Waals surface area contributed by atoms with Crippen LogP contribution < -0.4 is 0 Å². The van der Waals surface area contributed by atoms with E-state index in [-0.39, 0.29) is 13.2 Å². The van der Waals surface area contributed by atoms with Crippen molar-refractivity contribution in [2.75, 3.05) is 26.9 Å². The molecule has 0 bridgehead atoms. The lowest BCUT2D eigenvalue weighted by Crippen LogP contribution is -2.24. The Morgan fingerprint density at radius 2 is 1.19 bits per heavy atom. The van der Waals surface area contributed by atoms with Crippen LogP contribution in [0.4, 0.5) is 4.79 Å². The molecule has 0 fully saturated rings. The first-order valence-corrected chi connectivity index (χ1v) is 13.8. The predicted molar refractivity (Wildman–Crippen MR) is 125 cm³/mol. The Hall–Kier alpha value is -0.460. The Kier molecular flexibility index (Phi) is 21.1. The molecule has 8 heteroatoms. The van der Waals surface area contributed by atoms with Crippen LogP contribution in [0.15, 0.2) is 0 Å². The molecule has 0 rings (SSSR count). The average Bonchev–Trinajstić information content (AvgIpc) is 2.74. The van der Waals surface area contributed by atoms with Crippen LogP contribution in [0.2, 0.25) is 0 Å². The highest BCUT2D eigenvalue weighted by Gasteiger charge is 2.31. The van der Waals surface area contributed by atoms with Crippen LogP contribution in [0.5, 0.6) is 0 Å². The number of ether oxygens (including phenoxy) is 2. The standard InChI is InChI=1S/C23H47O7P/c1-3-4-5-6-7-8-9-10-11-12-13-14-15-16-17-18-19-29-20-22(28-2)21-30-31(26,27)23(24)25/h22H,3-21H2,1-2H3,(H,24,25)(H,26,27). The zero-order chi connectivity index (χ0) is 23.2. The summed E-state index contributed by atoms with van der Waals surface area (Å²) >= 11 is 0. The second-order valence-corrected chi connectivity index (χ2v) is 10.0. The molecule has 0 aromatic rings. The Labute approximate surface area is 189 Å². The van der Waals surface area contributed by atoms with Crippen LogP contribution in [0.1, 0.15) is 110 Å². The normalized spacial score (nSPS) is 14.4. The second-order valence-electron chi connectivity index (χ2n) is 8.33. The molecule has 0 aliphatic rings. The van der Waals surface area contributed by atoms with Gasteiger partial charge in [0.05, 0.1) is 13.2 Å². The minimum atomic E-state index is -4.63. The van der Waals surface area contributed by atoms with Gasteiger partial charge in [0, 0.05) is 13.7 Å². The van der Waals surface area contributed by atoms with Crippen molar-refractivity contribution in [1.82, 2.24) is 0 Å². The van der Waals surface area contributed by atoms with Crippen LogP contribution in [-0.2, 0) is 18.6 Å². The van der Waals surface area contributed by atoms with Gasteiger partial charge in [0.15, 0.2) is 0 Å². The smallest absolute Gasteiger partial charge is 0.435 e.